The van der Waals surface area contributed by atoms with Gasteiger partial charge in [0.25, 0.3) is 0 Å². The summed E-state index contributed by atoms with van der Waals surface area (Å²) < 4.78 is 2.66. The Bertz CT molecular complexity index is 686. The fourth-order valence-corrected chi connectivity index (χ4v) is 1.79. The molecule has 1 N–H and O–H groups in total. The van der Waals surface area contributed by atoms with Gasteiger partial charge in [0.15, 0.2) is 0 Å². The normalized spacial score (nSPS) is 10.5. The smallest absolute Gasteiger partial charge is 0.316 e. The van der Waals surface area contributed by atoms with Crippen LogP contribution in [0.2, 0.25) is 0 Å². The van der Waals surface area contributed by atoms with Crippen molar-refractivity contribution in [1.29, 1.82) is 0 Å². The quantitative estimate of drug-likeness (QED) is 0.819. The van der Waals surface area contributed by atoms with E-state index < -0.39 is 11.1 Å². The van der Waals surface area contributed by atoms with E-state index in [-0.39, 0.29) is 0 Å². The summed E-state index contributed by atoms with van der Waals surface area (Å²) in [5, 5.41) is 3.18. The van der Waals surface area contributed by atoms with Gasteiger partial charge in [0.2, 0.25) is 0 Å². The fraction of sp³-hybridized carbons (Fsp3) is 0.357. The third-order valence-corrected chi connectivity index (χ3v) is 2.97. The molecule has 0 radical (unpaired) electrons. The summed E-state index contributed by atoms with van der Waals surface area (Å²) in [4.78, 5) is 27.6. The van der Waals surface area contributed by atoms with E-state index in [1.807, 2.05) is 12.1 Å². The number of aromatic nitrogens is 3. The summed E-state index contributed by atoms with van der Waals surface area (Å²) in [7, 11) is 1.56. The summed E-state index contributed by atoms with van der Waals surface area (Å²) in [5.74, 6) is 0.812. The Hall–Kier alpha value is -2.37. The van der Waals surface area contributed by atoms with Crippen LogP contribution < -0.4 is 16.4 Å². The van der Waals surface area contributed by atoms with Crippen LogP contribution in [0.1, 0.15) is 18.9 Å². The van der Waals surface area contributed by atoms with Crippen LogP contribution in [0.15, 0.2) is 40.3 Å². The molecule has 2 aromatic rings. The number of anilines is 1. The van der Waals surface area contributed by atoms with Crippen molar-refractivity contribution in [3.05, 3.63) is 57.0 Å². The molecule has 0 aliphatic carbocycles. The monoisotopic (exact) mass is 274 g/mol. The number of rotatable bonds is 5. The van der Waals surface area contributed by atoms with Crippen molar-refractivity contribution in [2.45, 2.75) is 19.9 Å². The third kappa shape index (κ3) is 3.14. The Kier molecular flexibility index (Phi) is 4.34. The van der Waals surface area contributed by atoms with E-state index >= 15 is 0 Å². The maximum Gasteiger partial charge on any atom is 0.316 e. The van der Waals surface area contributed by atoms with Crippen molar-refractivity contribution in [2.75, 3.05) is 11.9 Å². The minimum absolute atomic E-state index is 0.343. The molecule has 106 valence electrons. The summed E-state index contributed by atoms with van der Waals surface area (Å²) >= 11 is 0. The van der Waals surface area contributed by atoms with E-state index in [1.165, 1.54) is 9.13 Å². The van der Waals surface area contributed by atoms with Gasteiger partial charge < -0.3 is 14.5 Å². The Morgan fingerprint density at radius 2 is 2.00 bits per heavy atom. The van der Waals surface area contributed by atoms with Crippen LogP contribution >= 0.6 is 0 Å². The summed E-state index contributed by atoms with van der Waals surface area (Å²) in [6.07, 6.45) is 5.93. The van der Waals surface area contributed by atoms with Crippen LogP contribution in [0.25, 0.3) is 0 Å². The molecule has 0 aromatic carbocycles. The maximum atomic E-state index is 11.8. The molecular formula is C14H18N4O2. The van der Waals surface area contributed by atoms with Crippen LogP contribution in [-0.2, 0) is 13.6 Å². The van der Waals surface area contributed by atoms with Gasteiger partial charge in [-0.15, -0.1) is 0 Å². The van der Waals surface area contributed by atoms with E-state index in [1.54, 1.807) is 25.6 Å². The number of aryl methyl sites for hydroxylation is 1. The molecular weight excluding hydrogens is 256 g/mol. The van der Waals surface area contributed by atoms with Gasteiger partial charge in [-0.3, -0.25) is 9.59 Å². The lowest BCUT2D eigenvalue weighted by molar-refractivity contribution is 0.694. The predicted molar refractivity (Wildman–Crippen MR) is 78.1 cm³/mol. The zero-order valence-electron chi connectivity index (χ0n) is 11.7. The van der Waals surface area contributed by atoms with Gasteiger partial charge >= 0.3 is 11.1 Å². The second-order valence-corrected chi connectivity index (χ2v) is 4.63. The van der Waals surface area contributed by atoms with E-state index in [0.717, 1.165) is 24.3 Å². The molecule has 0 aliphatic rings. The van der Waals surface area contributed by atoms with E-state index in [2.05, 4.69) is 17.2 Å². The molecule has 6 nitrogen and oxygen atoms in total. The number of nitrogens with one attached hydrogen (secondary N) is 1. The third-order valence-electron chi connectivity index (χ3n) is 2.97. The Labute approximate surface area is 116 Å². The van der Waals surface area contributed by atoms with Gasteiger partial charge in [-0.05, 0) is 18.1 Å². The van der Waals surface area contributed by atoms with Crippen LogP contribution in [0.3, 0.4) is 0 Å². The lowest BCUT2D eigenvalue weighted by Gasteiger charge is -2.07. The molecule has 0 fully saturated rings. The second-order valence-electron chi connectivity index (χ2n) is 4.63. The van der Waals surface area contributed by atoms with Crippen LogP contribution in [0.4, 0.5) is 5.82 Å². The average Bonchev–Trinajstić information content (AvgIpc) is 2.47. The number of hydrogen-bond acceptors (Lipinski definition) is 4. The van der Waals surface area contributed by atoms with Gasteiger partial charge in [0, 0.05) is 32.2 Å². The molecule has 0 aliphatic heterocycles. The highest BCUT2D eigenvalue weighted by atomic mass is 16.2. The van der Waals surface area contributed by atoms with Crippen molar-refractivity contribution in [1.82, 2.24) is 14.1 Å². The summed E-state index contributed by atoms with van der Waals surface area (Å²) in [6.45, 7) is 3.31. The van der Waals surface area contributed by atoms with Crippen molar-refractivity contribution >= 4 is 5.82 Å². The van der Waals surface area contributed by atoms with Gasteiger partial charge in [0.05, 0.1) is 6.54 Å². The second kappa shape index (κ2) is 6.18. The molecule has 2 aromatic heterocycles. The van der Waals surface area contributed by atoms with Crippen molar-refractivity contribution < 1.29 is 0 Å². The Morgan fingerprint density at radius 1 is 1.20 bits per heavy atom. The molecule has 0 saturated carbocycles. The van der Waals surface area contributed by atoms with E-state index in [4.69, 9.17) is 0 Å². The lowest BCUT2D eigenvalue weighted by Crippen LogP contribution is -2.39. The first-order chi connectivity index (χ1) is 9.61. The first-order valence-electron chi connectivity index (χ1n) is 6.56. The van der Waals surface area contributed by atoms with Crippen molar-refractivity contribution in [3.63, 3.8) is 0 Å². The van der Waals surface area contributed by atoms with E-state index in [9.17, 15) is 9.59 Å². The van der Waals surface area contributed by atoms with Crippen LogP contribution in [-0.4, -0.2) is 20.7 Å². The molecule has 20 heavy (non-hydrogen) atoms. The molecule has 0 spiro atoms. The van der Waals surface area contributed by atoms with Gasteiger partial charge in [-0.1, -0.05) is 13.0 Å². The molecule has 0 bridgehead atoms. The predicted octanol–water partition coefficient (Wildman–Crippen LogP) is 0.812. The first-order valence-corrected chi connectivity index (χ1v) is 6.56. The summed E-state index contributed by atoms with van der Waals surface area (Å²) in [6, 6.07) is 3.77. The van der Waals surface area contributed by atoms with E-state index in [0.29, 0.717) is 6.54 Å². The molecule has 0 amide bonds. The highest BCUT2D eigenvalue weighted by Crippen LogP contribution is 2.05. The zero-order chi connectivity index (χ0) is 14.5. The number of pyridine rings is 1. The van der Waals surface area contributed by atoms with Crippen LogP contribution in [0.5, 0.6) is 0 Å². The molecule has 2 rings (SSSR count). The Morgan fingerprint density at radius 3 is 2.65 bits per heavy atom. The zero-order valence-corrected chi connectivity index (χ0v) is 11.7. The minimum Gasteiger partial charge on any atom is -0.370 e. The van der Waals surface area contributed by atoms with Gasteiger partial charge in [-0.2, -0.15) is 0 Å². The molecule has 6 heteroatoms. The highest BCUT2D eigenvalue weighted by Gasteiger charge is 2.03. The van der Waals surface area contributed by atoms with Gasteiger partial charge in [0.1, 0.15) is 5.82 Å². The van der Waals surface area contributed by atoms with Crippen molar-refractivity contribution in [2.24, 2.45) is 7.05 Å². The highest BCUT2D eigenvalue weighted by molar-refractivity contribution is 5.35. The minimum atomic E-state index is -0.526. The first kappa shape index (κ1) is 14.0. The molecule has 0 atom stereocenters. The average molecular weight is 274 g/mol. The van der Waals surface area contributed by atoms with Crippen LogP contribution in [0, 0.1) is 0 Å². The maximum absolute atomic E-state index is 11.8. The van der Waals surface area contributed by atoms with Crippen molar-refractivity contribution in [3.8, 4) is 0 Å². The summed E-state index contributed by atoms with van der Waals surface area (Å²) in [5.41, 5.74) is -0.174. The molecule has 2 heterocycles. The topological polar surface area (TPSA) is 68.9 Å². The number of nitrogens with zero attached hydrogens (tertiary/aromatic N) is 3. The largest absolute Gasteiger partial charge is 0.370 e. The fourth-order valence-electron chi connectivity index (χ4n) is 1.79. The molecule has 0 unspecified atom stereocenters. The molecule has 0 saturated heterocycles. The standard InChI is InChI=1S/C14H18N4O2/c1-3-6-15-12-5-4-11(9-16-12)10-18-8-7-17(2)13(19)14(18)20/h4-5,7-9H,3,6,10H2,1-2H3,(H,15,16). The number of hydrogen-bond donors (Lipinski definition) is 1. The van der Waals surface area contributed by atoms with Gasteiger partial charge in [-0.25, -0.2) is 4.98 Å². The SMILES string of the molecule is CCCNc1ccc(Cn2ccn(C)c(=O)c2=O)cn1. The Balaban J connectivity index is 2.16. The lowest BCUT2D eigenvalue weighted by atomic mass is 10.2.